The highest BCUT2D eigenvalue weighted by molar-refractivity contribution is 5.74. The van der Waals surface area contributed by atoms with E-state index in [4.69, 9.17) is 0 Å². The van der Waals surface area contributed by atoms with E-state index in [1.807, 2.05) is 4.90 Å². The van der Waals surface area contributed by atoms with E-state index >= 15 is 0 Å². The molecule has 0 bridgehead atoms. The lowest BCUT2D eigenvalue weighted by molar-refractivity contribution is 0.110. The molecule has 2 aliphatic rings. The van der Waals surface area contributed by atoms with Crippen LogP contribution in [0.4, 0.5) is 4.79 Å². The van der Waals surface area contributed by atoms with Crippen LogP contribution in [0.1, 0.15) is 51.9 Å². The summed E-state index contributed by atoms with van der Waals surface area (Å²) in [5.41, 5.74) is 0. The SMILES string of the molecule is CCCCCNC(=O)N1CCN(C2CCCC2)CC1. The van der Waals surface area contributed by atoms with Gasteiger partial charge in [0.15, 0.2) is 0 Å². The van der Waals surface area contributed by atoms with Gasteiger partial charge in [-0.3, -0.25) is 4.90 Å². The number of unbranched alkanes of at least 4 members (excludes halogenated alkanes) is 2. The molecule has 0 aromatic heterocycles. The topological polar surface area (TPSA) is 35.6 Å². The molecule has 1 heterocycles. The van der Waals surface area contributed by atoms with Gasteiger partial charge in [0, 0.05) is 38.8 Å². The first kappa shape index (κ1) is 14.6. The summed E-state index contributed by atoms with van der Waals surface area (Å²) in [4.78, 5) is 16.6. The number of urea groups is 1. The van der Waals surface area contributed by atoms with E-state index in [-0.39, 0.29) is 6.03 Å². The van der Waals surface area contributed by atoms with Crippen molar-refractivity contribution in [1.82, 2.24) is 15.1 Å². The van der Waals surface area contributed by atoms with Crippen LogP contribution in [0.5, 0.6) is 0 Å². The molecule has 0 unspecified atom stereocenters. The normalized spacial score (nSPS) is 21.8. The van der Waals surface area contributed by atoms with Crippen LogP contribution < -0.4 is 5.32 Å². The molecule has 1 aliphatic heterocycles. The van der Waals surface area contributed by atoms with Crippen LogP contribution in [0.3, 0.4) is 0 Å². The summed E-state index contributed by atoms with van der Waals surface area (Å²) in [6.45, 7) is 6.94. The molecule has 19 heavy (non-hydrogen) atoms. The van der Waals surface area contributed by atoms with Gasteiger partial charge in [-0.1, -0.05) is 32.6 Å². The van der Waals surface area contributed by atoms with Crippen LogP contribution in [0, 0.1) is 0 Å². The van der Waals surface area contributed by atoms with Gasteiger partial charge in [-0.15, -0.1) is 0 Å². The van der Waals surface area contributed by atoms with Gasteiger partial charge in [0.2, 0.25) is 0 Å². The smallest absolute Gasteiger partial charge is 0.317 e. The van der Waals surface area contributed by atoms with Gasteiger partial charge in [0.05, 0.1) is 0 Å². The van der Waals surface area contributed by atoms with E-state index in [0.717, 1.165) is 45.2 Å². The molecule has 1 N–H and O–H groups in total. The summed E-state index contributed by atoms with van der Waals surface area (Å²) in [5.74, 6) is 0. The molecule has 4 heteroatoms. The van der Waals surface area contributed by atoms with Crippen LogP contribution >= 0.6 is 0 Å². The molecule has 2 fully saturated rings. The average Bonchev–Trinajstić information content (AvgIpc) is 2.98. The molecule has 1 saturated heterocycles. The largest absolute Gasteiger partial charge is 0.338 e. The van der Waals surface area contributed by atoms with Gasteiger partial charge in [-0.25, -0.2) is 4.79 Å². The van der Waals surface area contributed by atoms with E-state index in [1.165, 1.54) is 38.5 Å². The molecule has 0 aromatic rings. The molecule has 1 saturated carbocycles. The van der Waals surface area contributed by atoms with Crippen molar-refractivity contribution < 1.29 is 4.79 Å². The third-order valence-corrected chi connectivity index (χ3v) is 4.50. The van der Waals surface area contributed by atoms with Crippen molar-refractivity contribution >= 4 is 6.03 Å². The van der Waals surface area contributed by atoms with E-state index in [1.54, 1.807) is 0 Å². The lowest BCUT2D eigenvalue weighted by Gasteiger charge is -2.38. The maximum Gasteiger partial charge on any atom is 0.317 e. The number of hydrogen-bond donors (Lipinski definition) is 1. The number of carbonyl (C=O) groups is 1. The average molecular weight is 267 g/mol. The number of rotatable bonds is 5. The molecular weight excluding hydrogens is 238 g/mol. The summed E-state index contributed by atoms with van der Waals surface area (Å²) in [7, 11) is 0. The van der Waals surface area contributed by atoms with Crippen LogP contribution in [0.25, 0.3) is 0 Å². The lowest BCUT2D eigenvalue weighted by atomic mass is 10.2. The summed E-state index contributed by atoms with van der Waals surface area (Å²) in [6, 6.07) is 0.942. The first-order valence-electron chi connectivity index (χ1n) is 8.08. The Hall–Kier alpha value is -0.770. The molecule has 110 valence electrons. The van der Waals surface area contributed by atoms with Gasteiger partial charge >= 0.3 is 6.03 Å². The molecule has 2 rings (SSSR count). The number of amides is 2. The second kappa shape index (κ2) is 7.73. The minimum Gasteiger partial charge on any atom is -0.338 e. The Bertz CT molecular complexity index is 269. The maximum atomic E-state index is 12.0. The first-order valence-corrected chi connectivity index (χ1v) is 8.08. The van der Waals surface area contributed by atoms with Gasteiger partial charge in [0.25, 0.3) is 0 Å². The van der Waals surface area contributed by atoms with E-state index < -0.39 is 0 Å². The highest BCUT2D eigenvalue weighted by Crippen LogP contribution is 2.24. The third-order valence-electron chi connectivity index (χ3n) is 4.50. The number of nitrogens with one attached hydrogen (secondary N) is 1. The fourth-order valence-corrected chi connectivity index (χ4v) is 3.24. The fourth-order valence-electron chi connectivity index (χ4n) is 3.24. The van der Waals surface area contributed by atoms with Crippen molar-refractivity contribution in [3.8, 4) is 0 Å². The second-order valence-electron chi connectivity index (χ2n) is 5.90. The predicted molar refractivity (Wildman–Crippen MR) is 78.3 cm³/mol. The Kier molecular flexibility index (Phi) is 5.95. The molecule has 2 amide bonds. The Morgan fingerprint density at radius 3 is 2.42 bits per heavy atom. The summed E-state index contributed by atoms with van der Waals surface area (Å²) in [6.07, 6.45) is 9.02. The molecule has 0 radical (unpaired) electrons. The number of piperazine rings is 1. The standard InChI is InChI=1S/C15H29N3O/c1-2-3-6-9-16-15(19)18-12-10-17(11-13-18)14-7-4-5-8-14/h14H,2-13H2,1H3,(H,16,19). The quantitative estimate of drug-likeness (QED) is 0.777. The fraction of sp³-hybridized carbons (Fsp3) is 0.933. The second-order valence-corrected chi connectivity index (χ2v) is 5.90. The monoisotopic (exact) mass is 267 g/mol. The first-order chi connectivity index (χ1) is 9.31. The zero-order valence-corrected chi connectivity index (χ0v) is 12.4. The minimum absolute atomic E-state index is 0.141. The van der Waals surface area contributed by atoms with E-state index in [2.05, 4.69) is 17.1 Å². The number of carbonyl (C=O) groups excluding carboxylic acids is 1. The van der Waals surface area contributed by atoms with Crippen molar-refractivity contribution in [2.45, 2.75) is 57.9 Å². The minimum atomic E-state index is 0.141. The Morgan fingerprint density at radius 1 is 1.11 bits per heavy atom. The zero-order valence-electron chi connectivity index (χ0n) is 12.4. The molecular formula is C15H29N3O. The van der Waals surface area contributed by atoms with E-state index in [9.17, 15) is 4.79 Å². The Morgan fingerprint density at radius 2 is 1.79 bits per heavy atom. The highest BCUT2D eigenvalue weighted by Gasteiger charge is 2.27. The molecule has 0 aromatic carbocycles. The molecule has 0 spiro atoms. The van der Waals surface area contributed by atoms with Crippen LogP contribution in [0.15, 0.2) is 0 Å². The van der Waals surface area contributed by atoms with Crippen molar-refractivity contribution in [3.63, 3.8) is 0 Å². The summed E-state index contributed by atoms with van der Waals surface area (Å²) < 4.78 is 0. The van der Waals surface area contributed by atoms with Crippen molar-refractivity contribution in [2.24, 2.45) is 0 Å². The van der Waals surface area contributed by atoms with Gasteiger partial charge in [-0.05, 0) is 19.3 Å². The van der Waals surface area contributed by atoms with E-state index in [0.29, 0.717) is 0 Å². The third kappa shape index (κ3) is 4.37. The molecule has 1 aliphatic carbocycles. The van der Waals surface area contributed by atoms with Gasteiger partial charge < -0.3 is 10.2 Å². The van der Waals surface area contributed by atoms with Crippen molar-refractivity contribution in [2.75, 3.05) is 32.7 Å². The lowest BCUT2D eigenvalue weighted by Crippen LogP contribution is -2.53. The van der Waals surface area contributed by atoms with Crippen molar-refractivity contribution in [1.29, 1.82) is 0 Å². The number of hydrogen-bond acceptors (Lipinski definition) is 2. The van der Waals surface area contributed by atoms with Crippen molar-refractivity contribution in [3.05, 3.63) is 0 Å². The van der Waals surface area contributed by atoms with Crippen LogP contribution in [-0.2, 0) is 0 Å². The molecule has 4 nitrogen and oxygen atoms in total. The number of nitrogens with zero attached hydrogens (tertiary/aromatic N) is 2. The Labute approximate surface area is 117 Å². The predicted octanol–water partition coefficient (Wildman–Crippen LogP) is 2.45. The van der Waals surface area contributed by atoms with Gasteiger partial charge in [-0.2, -0.15) is 0 Å². The molecule has 0 atom stereocenters. The highest BCUT2D eigenvalue weighted by atomic mass is 16.2. The van der Waals surface area contributed by atoms with Crippen LogP contribution in [0.2, 0.25) is 0 Å². The van der Waals surface area contributed by atoms with Crippen LogP contribution in [-0.4, -0.2) is 54.6 Å². The zero-order chi connectivity index (χ0) is 13.5. The Balaban J connectivity index is 1.63. The summed E-state index contributed by atoms with van der Waals surface area (Å²) >= 11 is 0. The van der Waals surface area contributed by atoms with Gasteiger partial charge in [0.1, 0.15) is 0 Å². The maximum absolute atomic E-state index is 12.0. The summed E-state index contributed by atoms with van der Waals surface area (Å²) in [5, 5.41) is 3.04.